The number of nitrogens with two attached hydrogens (primary N) is 1. The van der Waals surface area contributed by atoms with E-state index < -0.39 is 10.0 Å². The number of rotatable bonds is 6. The summed E-state index contributed by atoms with van der Waals surface area (Å²) in [5.41, 5.74) is 6.66. The van der Waals surface area contributed by atoms with Gasteiger partial charge in [-0.3, -0.25) is 0 Å². The molecule has 0 spiro atoms. The summed E-state index contributed by atoms with van der Waals surface area (Å²) in [4.78, 5) is 17.1. The van der Waals surface area contributed by atoms with E-state index in [2.05, 4.69) is 30.4 Å². The number of benzene rings is 1. The van der Waals surface area contributed by atoms with Gasteiger partial charge in [0, 0.05) is 24.7 Å². The van der Waals surface area contributed by atoms with Crippen LogP contribution in [-0.2, 0) is 10.0 Å². The molecule has 1 aliphatic heterocycles. The Bertz CT molecular complexity index is 1200. The number of piperidine rings is 1. The minimum Gasteiger partial charge on any atom is -0.368 e. The van der Waals surface area contributed by atoms with Crippen LogP contribution in [0.3, 0.4) is 0 Å². The number of sulfonamides is 1. The van der Waals surface area contributed by atoms with Crippen LogP contribution in [-0.4, -0.2) is 56.2 Å². The van der Waals surface area contributed by atoms with Gasteiger partial charge in [-0.15, -0.1) is 0 Å². The maximum atomic E-state index is 12.8. The van der Waals surface area contributed by atoms with Crippen molar-refractivity contribution in [3.05, 3.63) is 36.2 Å². The van der Waals surface area contributed by atoms with Crippen LogP contribution in [0.2, 0.25) is 0 Å². The maximum Gasteiger partial charge on any atom is 0.240 e. The smallest absolute Gasteiger partial charge is 0.240 e. The quantitative estimate of drug-likeness (QED) is 0.549. The van der Waals surface area contributed by atoms with E-state index in [1.54, 1.807) is 4.31 Å². The standard InChI is InChI=1S/C21H26N8O3S/c22-20-25-17(26-21(27-20)23-15-6-2-1-3-7-15)18-24-19(32-28-18)14-10-12-29(13-11-14)33(30,31)16-8-4-5-9-16/h1-3,6-7,14,16H,4-5,8-13H2,(H3,22,23,25,26,27). The van der Waals surface area contributed by atoms with Crippen molar-refractivity contribution in [3.63, 3.8) is 0 Å². The molecule has 2 aromatic heterocycles. The van der Waals surface area contributed by atoms with Crippen molar-refractivity contribution in [1.82, 2.24) is 29.4 Å². The van der Waals surface area contributed by atoms with Crippen molar-refractivity contribution >= 4 is 27.6 Å². The summed E-state index contributed by atoms with van der Waals surface area (Å²) in [5.74, 6) is 1.19. The molecule has 174 valence electrons. The highest BCUT2D eigenvalue weighted by Crippen LogP contribution is 2.33. The lowest BCUT2D eigenvalue weighted by atomic mass is 9.98. The Morgan fingerprint density at radius 2 is 1.67 bits per heavy atom. The second-order valence-electron chi connectivity index (χ2n) is 8.41. The van der Waals surface area contributed by atoms with Gasteiger partial charge in [0.1, 0.15) is 0 Å². The van der Waals surface area contributed by atoms with Crippen molar-refractivity contribution < 1.29 is 12.9 Å². The highest BCUT2D eigenvalue weighted by atomic mass is 32.2. The molecule has 1 saturated heterocycles. The van der Waals surface area contributed by atoms with E-state index in [1.165, 1.54) is 0 Å². The summed E-state index contributed by atoms with van der Waals surface area (Å²) in [5, 5.41) is 6.88. The van der Waals surface area contributed by atoms with Gasteiger partial charge in [-0.1, -0.05) is 36.2 Å². The van der Waals surface area contributed by atoms with Crippen LogP contribution in [0, 0.1) is 0 Å². The SMILES string of the molecule is Nc1nc(Nc2ccccc2)nc(-c2noc(C3CCN(S(=O)(=O)C4CCCC4)CC3)n2)n1. The highest BCUT2D eigenvalue weighted by Gasteiger charge is 2.37. The number of nitrogen functional groups attached to an aromatic ring is 1. The van der Waals surface area contributed by atoms with Crippen LogP contribution in [0.25, 0.3) is 11.6 Å². The summed E-state index contributed by atoms with van der Waals surface area (Å²) in [6.45, 7) is 0.927. The Labute approximate surface area is 191 Å². The largest absolute Gasteiger partial charge is 0.368 e. The van der Waals surface area contributed by atoms with E-state index in [1.807, 2.05) is 30.3 Å². The van der Waals surface area contributed by atoms with Crippen molar-refractivity contribution in [2.75, 3.05) is 24.1 Å². The minimum atomic E-state index is -3.22. The summed E-state index contributed by atoms with van der Waals surface area (Å²) in [6, 6.07) is 9.46. The van der Waals surface area contributed by atoms with Crippen molar-refractivity contribution in [3.8, 4) is 11.6 Å². The van der Waals surface area contributed by atoms with Gasteiger partial charge in [0.25, 0.3) is 0 Å². The first kappa shape index (κ1) is 21.7. The average Bonchev–Trinajstić information content (AvgIpc) is 3.53. The fraction of sp³-hybridized carbons (Fsp3) is 0.476. The average molecular weight is 471 g/mol. The Morgan fingerprint density at radius 1 is 0.939 bits per heavy atom. The zero-order valence-electron chi connectivity index (χ0n) is 18.1. The first-order valence-electron chi connectivity index (χ1n) is 11.2. The minimum absolute atomic E-state index is 0.0117. The zero-order chi connectivity index (χ0) is 22.8. The topological polar surface area (TPSA) is 153 Å². The number of nitrogens with zero attached hydrogens (tertiary/aromatic N) is 6. The zero-order valence-corrected chi connectivity index (χ0v) is 18.9. The first-order chi connectivity index (χ1) is 16.0. The van der Waals surface area contributed by atoms with E-state index >= 15 is 0 Å². The number of nitrogens with one attached hydrogen (secondary N) is 1. The molecule has 0 unspecified atom stereocenters. The molecule has 12 heteroatoms. The molecule has 1 aromatic carbocycles. The van der Waals surface area contributed by atoms with Crippen LogP contribution in [0.4, 0.5) is 17.6 Å². The molecule has 1 aliphatic carbocycles. The first-order valence-corrected chi connectivity index (χ1v) is 12.7. The predicted octanol–water partition coefficient (Wildman–Crippen LogP) is 2.70. The summed E-state index contributed by atoms with van der Waals surface area (Å²) in [6.07, 6.45) is 4.79. The van der Waals surface area contributed by atoms with Crippen molar-refractivity contribution in [2.45, 2.75) is 49.7 Å². The normalized spacial score (nSPS) is 18.5. The molecule has 0 bridgehead atoms. The molecule has 3 heterocycles. The number of hydrogen-bond acceptors (Lipinski definition) is 10. The van der Waals surface area contributed by atoms with Gasteiger partial charge in [-0.25, -0.2) is 12.7 Å². The Hall–Kier alpha value is -3.12. The third-order valence-corrected chi connectivity index (χ3v) is 8.61. The fourth-order valence-electron chi connectivity index (χ4n) is 4.44. The summed E-state index contributed by atoms with van der Waals surface area (Å²) < 4.78 is 32.8. The fourth-order valence-corrected chi connectivity index (χ4v) is 6.52. The maximum absolute atomic E-state index is 12.8. The van der Waals surface area contributed by atoms with Gasteiger partial charge in [-0.05, 0) is 37.8 Å². The summed E-state index contributed by atoms with van der Waals surface area (Å²) >= 11 is 0. The van der Waals surface area contributed by atoms with Gasteiger partial charge < -0.3 is 15.6 Å². The number of para-hydroxylation sites is 1. The Morgan fingerprint density at radius 3 is 2.39 bits per heavy atom. The number of anilines is 3. The summed E-state index contributed by atoms with van der Waals surface area (Å²) in [7, 11) is -3.22. The van der Waals surface area contributed by atoms with E-state index in [0.29, 0.717) is 31.8 Å². The molecule has 2 aliphatic rings. The van der Waals surface area contributed by atoms with Gasteiger partial charge in [0.15, 0.2) is 0 Å². The van der Waals surface area contributed by atoms with Crippen LogP contribution in [0.1, 0.15) is 50.3 Å². The highest BCUT2D eigenvalue weighted by molar-refractivity contribution is 7.89. The molecule has 0 atom stereocenters. The molecule has 33 heavy (non-hydrogen) atoms. The molecule has 11 nitrogen and oxygen atoms in total. The second-order valence-corrected chi connectivity index (χ2v) is 10.6. The third-order valence-electron chi connectivity index (χ3n) is 6.21. The second kappa shape index (κ2) is 9.02. The van der Waals surface area contributed by atoms with Gasteiger partial charge in [0.2, 0.25) is 39.5 Å². The Balaban J connectivity index is 1.27. The van der Waals surface area contributed by atoms with Crippen LogP contribution < -0.4 is 11.1 Å². The Kier molecular flexibility index (Phi) is 5.94. The van der Waals surface area contributed by atoms with Crippen molar-refractivity contribution in [2.24, 2.45) is 0 Å². The van der Waals surface area contributed by atoms with Crippen LogP contribution in [0.15, 0.2) is 34.9 Å². The van der Waals surface area contributed by atoms with E-state index in [-0.39, 0.29) is 34.7 Å². The monoisotopic (exact) mass is 470 g/mol. The molecular weight excluding hydrogens is 444 g/mol. The predicted molar refractivity (Wildman–Crippen MR) is 122 cm³/mol. The molecule has 3 aromatic rings. The van der Waals surface area contributed by atoms with Gasteiger partial charge in [0.05, 0.1) is 5.25 Å². The van der Waals surface area contributed by atoms with E-state index in [0.717, 1.165) is 31.4 Å². The van der Waals surface area contributed by atoms with Gasteiger partial charge >= 0.3 is 0 Å². The molecule has 1 saturated carbocycles. The molecule has 3 N–H and O–H groups in total. The third kappa shape index (κ3) is 4.67. The lowest BCUT2D eigenvalue weighted by molar-refractivity contribution is 0.269. The molecule has 0 radical (unpaired) electrons. The van der Waals surface area contributed by atoms with Gasteiger partial charge in [-0.2, -0.15) is 19.9 Å². The lowest BCUT2D eigenvalue weighted by Crippen LogP contribution is -2.42. The van der Waals surface area contributed by atoms with E-state index in [4.69, 9.17) is 10.3 Å². The van der Waals surface area contributed by atoms with E-state index in [9.17, 15) is 8.42 Å². The van der Waals surface area contributed by atoms with Crippen LogP contribution in [0.5, 0.6) is 0 Å². The molecule has 2 fully saturated rings. The lowest BCUT2D eigenvalue weighted by Gasteiger charge is -2.31. The molecular formula is C21H26N8O3S. The van der Waals surface area contributed by atoms with Crippen molar-refractivity contribution in [1.29, 1.82) is 0 Å². The number of aromatic nitrogens is 5. The molecule has 0 amide bonds. The molecule has 5 rings (SSSR count). The van der Waals surface area contributed by atoms with Crippen LogP contribution >= 0.6 is 0 Å². The number of hydrogen-bond donors (Lipinski definition) is 2.